The first-order valence-corrected chi connectivity index (χ1v) is 7.15. The molecule has 0 radical (unpaired) electrons. The Labute approximate surface area is 116 Å². The van der Waals surface area contributed by atoms with Gasteiger partial charge in [-0.05, 0) is 45.0 Å². The summed E-state index contributed by atoms with van der Waals surface area (Å²) in [5, 5.41) is 0. The van der Waals surface area contributed by atoms with Gasteiger partial charge in [0.1, 0.15) is 0 Å². The highest BCUT2D eigenvalue weighted by Gasteiger charge is 2.42. The standard InChI is InChI=1S/C15H26N4/c1-12-9-13(11-17-10-12)14(18-16)15(19(2)3)7-5-4-6-8-15/h9-11,14,18H,4-8,16H2,1-3H3. The number of hydrogen-bond acceptors (Lipinski definition) is 4. The van der Waals surface area contributed by atoms with Gasteiger partial charge in [-0.1, -0.05) is 25.3 Å². The number of nitrogens with two attached hydrogens (primary N) is 1. The summed E-state index contributed by atoms with van der Waals surface area (Å²) in [7, 11) is 4.33. The van der Waals surface area contributed by atoms with Gasteiger partial charge in [-0.25, -0.2) is 0 Å². The second-order valence-corrected chi connectivity index (χ2v) is 5.95. The zero-order chi connectivity index (χ0) is 13.9. The highest BCUT2D eigenvalue weighted by Crippen LogP contribution is 2.41. The van der Waals surface area contributed by atoms with Gasteiger partial charge in [-0.3, -0.25) is 16.3 Å². The number of nitrogens with one attached hydrogen (secondary N) is 1. The Morgan fingerprint density at radius 3 is 2.47 bits per heavy atom. The third-order valence-electron chi connectivity index (χ3n) is 4.54. The van der Waals surface area contributed by atoms with Crippen LogP contribution in [-0.2, 0) is 0 Å². The summed E-state index contributed by atoms with van der Waals surface area (Å²) in [5.74, 6) is 5.90. The average Bonchev–Trinajstić information content (AvgIpc) is 2.40. The number of pyridine rings is 1. The fourth-order valence-corrected chi connectivity index (χ4v) is 3.46. The molecule has 1 aliphatic carbocycles. The van der Waals surface area contributed by atoms with Crippen LogP contribution < -0.4 is 11.3 Å². The molecule has 3 N–H and O–H groups in total. The van der Waals surface area contributed by atoms with Crippen LogP contribution in [0.1, 0.15) is 49.3 Å². The summed E-state index contributed by atoms with van der Waals surface area (Å²) in [4.78, 5) is 6.67. The first-order chi connectivity index (χ1) is 9.10. The van der Waals surface area contributed by atoms with E-state index in [9.17, 15) is 0 Å². The van der Waals surface area contributed by atoms with E-state index in [2.05, 4.69) is 42.4 Å². The normalized spacial score (nSPS) is 20.5. The molecule has 4 heteroatoms. The lowest BCUT2D eigenvalue weighted by atomic mass is 9.73. The Balaban J connectivity index is 2.37. The molecule has 19 heavy (non-hydrogen) atoms. The summed E-state index contributed by atoms with van der Waals surface area (Å²) in [6.45, 7) is 2.08. The predicted octanol–water partition coefficient (Wildman–Crippen LogP) is 2.16. The molecule has 0 amide bonds. The lowest BCUT2D eigenvalue weighted by Crippen LogP contribution is -2.56. The number of aromatic nitrogens is 1. The molecule has 1 aromatic heterocycles. The molecule has 1 heterocycles. The molecule has 1 aromatic rings. The van der Waals surface area contributed by atoms with Gasteiger partial charge in [0.15, 0.2) is 0 Å². The Morgan fingerprint density at radius 1 is 1.26 bits per heavy atom. The first kappa shape index (κ1) is 14.4. The Bertz CT molecular complexity index is 410. The van der Waals surface area contributed by atoms with Crippen molar-refractivity contribution in [3.8, 4) is 0 Å². The molecular formula is C15H26N4. The highest BCUT2D eigenvalue weighted by atomic mass is 15.3. The SMILES string of the molecule is Cc1cncc(C(NN)C2(N(C)C)CCCCC2)c1. The minimum atomic E-state index is 0.0997. The lowest BCUT2D eigenvalue weighted by Gasteiger charge is -2.48. The van der Waals surface area contributed by atoms with Crippen molar-refractivity contribution in [2.24, 2.45) is 5.84 Å². The minimum Gasteiger partial charge on any atom is -0.302 e. The second kappa shape index (κ2) is 5.99. The van der Waals surface area contributed by atoms with Crippen molar-refractivity contribution in [3.05, 3.63) is 29.6 Å². The van der Waals surface area contributed by atoms with Crippen LogP contribution in [0.3, 0.4) is 0 Å². The molecule has 0 aromatic carbocycles. The molecule has 1 saturated carbocycles. The van der Waals surface area contributed by atoms with Gasteiger partial charge in [0.25, 0.3) is 0 Å². The smallest absolute Gasteiger partial charge is 0.0658 e. The maximum atomic E-state index is 5.90. The van der Waals surface area contributed by atoms with Crippen molar-refractivity contribution in [1.82, 2.24) is 15.3 Å². The summed E-state index contributed by atoms with van der Waals surface area (Å²) in [6.07, 6.45) is 10.1. The molecule has 1 atom stereocenters. The van der Waals surface area contributed by atoms with E-state index in [1.165, 1.54) is 43.2 Å². The zero-order valence-corrected chi connectivity index (χ0v) is 12.3. The predicted molar refractivity (Wildman–Crippen MR) is 78.5 cm³/mol. The van der Waals surface area contributed by atoms with E-state index in [1.54, 1.807) is 0 Å². The van der Waals surface area contributed by atoms with Crippen LogP contribution in [0.2, 0.25) is 0 Å². The third-order valence-corrected chi connectivity index (χ3v) is 4.54. The van der Waals surface area contributed by atoms with Gasteiger partial charge in [-0.2, -0.15) is 0 Å². The summed E-state index contributed by atoms with van der Waals surface area (Å²) in [5.41, 5.74) is 5.53. The number of hydrogen-bond donors (Lipinski definition) is 2. The van der Waals surface area contributed by atoms with Crippen LogP contribution in [-0.4, -0.2) is 29.5 Å². The van der Waals surface area contributed by atoms with E-state index in [-0.39, 0.29) is 11.6 Å². The van der Waals surface area contributed by atoms with Crippen molar-refractivity contribution >= 4 is 0 Å². The number of rotatable bonds is 4. The van der Waals surface area contributed by atoms with Crippen molar-refractivity contribution in [2.45, 2.75) is 50.6 Å². The summed E-state index contributed by atoms with van der Waals surface area (Å²) in [6, 6.07) is 2.33. The molecular weight excluding hydrogens is 236 g/mol. The number of aryl methyl sites for hydroxylation is 1. The van der Waals surface area contributed by atoms with Gasteiger partial charge in [0.05, 0.1) is 6.04 Å². The van der Waals surface area contributed by atoms with Gasteiger partial charge >= 0.3 is 0 Å². The quantitative estimate of drug-likeness (QED) is 0.645. The average molecular weight is 262 g/mol. The zero-order valence-electron chi connectivity index (χ0n) is 12.3. The van der Waals surface area contributed by atoms with E-state index < -0.39 is 0 Å². The molecule has 1 fully saturated rings. The van der Waals surface area contributed by atoms with Gasteiger partial charge < -0.3 is 4.90 Å². The highest BCUT2D eigenvalue weighted by molar-refractivity contribution is 5.24. The van der Waals surface area contributed by atoms with Crippen LogP contribution in [0.5, 0.6) is 0 Å². The summed E-state index contributed by atoms with van der Waals surface area (Å²) < 4.78 is 0. The number of nitrogens with zero attached hydrogens (tertiary/aromatic N) is 2. The third kappa shape index (κ3) is 2.81. The van der Waals surface area contributed by atoms with E-state index in [4.69, 9.17) is 5.84 Å². The van der Waals surface area contributed by atoms with E-state index in [0.717, 1.165) is 0 Å². The number of likely N-dealkylation sites (N-methyl/N-ethyl adjacent to an activating group) is 1. The Morgan fingerprint density at radius 2 is 1.95 bits per heavy atom. The molecule has 2 rings (SSSR count). The van der Waals surface area contributed by atoms with Crippen LogP contribution in [0, 0.1) is 6.92 Å². The minimum absolute atomic E-state index is 0.0997. The van der Waals surface area contributed by atoms with E-state index >= 15 is 0 Å². The fraction of sp³-hybridized carbons (Fsp3) is 0.667. The first-order valence-electron chi connectivity index (χ1n) is 7.15. The maximum Gasteiger partial charge on any atom is 0.0658 e. The molecule has 106 valence electrons. The lowest BCUT2D eigenvalue weighted by molar-refractivity contribution is 0.0563. The van der Waals surface area contributed by atoms with Crippen LogP contribution in [0.25, 0.3) is 0 Å². The Kier molecular flexibility index (Phi) is 4.55. The number of hydrazine groups is 1. The monoisotopic (exact) mass is 262 g/mol. The molecule has 1 aliphatic rings. The molecule has 1 unspecified atom stereocenters. The van der Waals surface area contributed by atoms with Gasteiger partial charge in [-0.15, -0.1) is 0 Å². The maximum absolute atomic E-state index is 5.90. The van der Waals surface area contributed by atoms with Crippen molar-refractivity contribution in [3.63, 3.8) is 0 Å². The molecule has 0 bridgehead atoms. The van der Waals surface area contributed by atoms with Crippen LogP contribution in [0.15, 0.2) is 18.5 Å². The largest absolute Gasteiger partial charge is 0.302 e. The molecule has 0 aliphatic heterocycles. The van der Waals surface area contributed by atoms with Crippen molar-refractivity contribution in [2.75, 3.05) is 14.1 Å². The molecule has 4 nitrogen and oxygen atoms in total. The van der Waals surface area contributed by atoms with Crippen LogP contribution in [0.4, 0.5) is 0 Å². The Hall–Kier alpha value is -0.970. The topological polar surface area (TPSA) is 54.2 Å². The second-order valence-electron chi connectivity index (χ2n) is 5.95. The summed E-state index contributed by atoms with van der Waals surface area (Å²) >= 11 is 0. The van der Waals surface area contributed by atoms with Crippen LogP contribution >= 0.6 is 0 Å². The van der Waals surface area contributed by atoms with Crippen molar-refractivity contribution < 1.29 is 0 Å². The molecule has 0 saturated heterocycles. The van der Waals surface area contributed by atoms with E-state index in [1.807, 2.05) is 12.4 Å². The van der Waals surface area contributed by atoms with E-state index in [0.29, 0.717) is 0 Å². The van der Waals surface area contributed by atoms with Crippen molar-refractivity contribution in [1.29, 1.82) is 0 Å². The fourth-order valence-electron chi connectivity index (χ4n) is 3.46. The van der Waals surface area contributed by atoms with Gasteiger partial charge in [0.2, 0.25) is 0 Å². The van der Waals surface area contributed by atoms with Gasteiger partial charge in [0, 0.05) is 17.9 Å². The molecule has 0 spiro atoms.